The lowest BCUT2D eigenvalue weighted by atomic mass is 10.3. The SMILES string of the molecule is CCCC(=O)Oc1cc(C)nn1-c1ccccc1. The molecule has 0 radical (unpaired) electrons. The van der Waals surface area contributed by atoms with E-state index in [1.807, 2.05) is 44.2 Å². The number of nitrogens with zero attached hydrogens (tertiary/aromatic N) is 2. The predicted octanol–water partition coefficient (Wildman–Crippen LogP) is 2.89. The van der Waals surface area contributed by atoms with Crippen molar-refractivity contribution in [2.45, 2.75) is 26.7 Å². The van der Waals surface area contributed by atoms with Crippen LogP contribution in [0.25, 0.3) is 5.69 Å². The minimum Gasteiger partial charge on any atom is -0.407 e. The van der Waals surface area contributed by atoms with Gasteiger partial charge in [-0.05, 0) is 25.5 Å². The van der Waals surface area contributed by atoms with E-state index >= 15 is 0 Å². The highest BCUT2D eigenvalue weighted by molar-refractivity contribution is 5.72. The van der Waals surface area contributed by atoms with Gasteiger partial charge in [-0.15, -0.1) is 0 Å². The van der Waals surface area contributed by atoms with Gasteiger partial charge in [0.25, 0.3) is 0 Å². The number of aryl methyl sites for hydroxylation is 1. The average Bonchev–Trinajstić information content (AvgIpc) is 2.71. The van der Waals surface area contributed by atoms with Crippen molar-refractivity contribution in [1.29, 1.82) is 0 Å². The molecule has 2 rings (SSSR count). The molecule has 0 unspecified atom stereocenters. The van der Waals surface area contributed by atoms with Crippen molar-refractivity contribution in [2.75, 3.05) is 0 Å². The highest BCUT2D eigenvalue weighted by atomic mass is 16.5. The molecule has 0 saturated carbocycles. The van der Waals surface area contributed by atoms with E-state index in [0.717, 1.165) is 17.8 Å². The zero-order valence-corrected chi connectivity index (χ0v) is 10.6. The summed E-state index contributed by atoms with van der Waals surface area (Å²) in [6.07, 6.45) is 1.19. The summed E-state index contributed by atoms with van der Waals surface area (Å²) >= 11 is 0. The Bertz CT molecular complexity index is 532. The van der Waals surface area contributed by atoms with Crippen LogP contribution in [0, 0.1) is 6.92 Å². The van der Waals surface area contributed by atoms with Crippen LogP contribution in [-0.4, -0.2) is 15.7 Å². The van der Waals surface area contributed by atoms with Crippen molar-refractivity contribution in [3.05, 3.63) is 42.1 Å². The van der Waals surface area contributed by atoms with Gasteiger partial charge in [-0.1, -0.05) is 25.1 Å². The standard InChI is InChI=1S/C14H16N2O2/c1-3-7-14(17)18-13-10-11(2)15-16(13)12-8-5-4-6-9-12/h4-6,8-10H,3,7H2,1-2H3. The molecule has 0 aliphatic carbocycles. The molecule has 4 nitrogen and oxygen atoms in total. The van der Waals surface area contributed by atoms with Crippen LogP contribution < -0.4 is 4.74 Å². The molecule has 0 fully saturated rings. The molecule has 0 aliphatic heterocycles. The van der Waals surface area contributed by atoms with Gasteiger partial charge in [0.2, 0.25) is 5.88 Å². The minimum absolute atomic E-state index is 0.227. The molecule has 0 amide bonds. The van der Waals surface area contributed by atoms with Crippen molar-refractivity contribution in [3.8, 4) is 11.6 Å². The summed E-state index contributed by atoms with van der Waals surface area (Å²) in [7, 11) is 0. The fourth-order valence-electron chi connectivity index (χ4n) is 1.67. The van der Waals surface area contributed by atoms with E-state index in [2.05, 4.69) is 5.10 Å². The lowest BCUT2D eigenvalue weighted by Gasteiger charge is -2.07. The maximum atomic E-state index is 11.5. The van der Waals surface area contributed by atoms with Crippen LogP contribution in [0.4, 0.5) is 0 Å². The number of ether oxygens (including phenoxy) is 1. The summed E-state index contributed by atoms with van der Waals surface area (Å²) in [6, 6.07) is 11.4. The summed E-state index contributed by atoms with van der Waals surface area (Å²) in [5.74, 6) is 0.242. The van der Waals surface area contributed by atoms with Gasteiger partial charge in [0.05, 0.1) is 11.4 Å². The summed E-state index contributed by atoms with van der Waals surface area (Å²) < 4.78 is 6.96. The lowest BCUT2D eigenvalue weighted by Crippen LogP contribution is -2.10. The molecule has 0 aliphatic rings. The third-order valence-corrected chi connectivity index (χ3v) is 2.47. The third-order valence-electron chi connectivity index (χ3n) is 2.47. The first-order valence-electron chi connectivity index (χ1n) is 6.03. The maximum absolute atomic E-state index is 11.5. The quantitative estimate of drug-likeness (QED) is 0.777. The Morgan fingerprint density at radius 1 is 1.33 bits per heavy atom. The highest BCUT2D eigenvalue weighted by Gasteiger charge is 2.12. The second-order valence-electron chi connectivity index (χ2n) is 4.10. The number of hydrogen-bond donors (Lipinski definition) is 0. The molecular formula is C14H16N2O2. The topological polar surface area (TPSA) is 44.1 Å². The van der Waals surface area contributed by atoms with Crippen LogP contribution in [0.15, 0.2) is 36.4 Å². The molecule has 0 atom stereocenters. The van der Waals surface area contributed by atoms with Gasteiger partial charge >= 0.3 is 5.97 Å². The van der Waals surface area contributed by atoms with Crippen LogP contribution in [0.1, 0.15) is 25.5 Å². The molecule has 1 heterocycles. The van der Waals surface area contributed by atoms with Gasteiger partial charge < -0.3 is 4.74 Å². The summed E-state index contributed by atoms with van der Waals surface area (Å²) in [4.78, 5) is 11.5. The Balaban J connectivity index is 2.29. The Morgan fingerprint density at radius 3 is 2.72 bits per heavy atom. The summed E-state index contributed by atoms with van der Waals surface area (Å²) in [5, 5.41) is 4.33. The van der Waals surface area contributed by atoms with Crippen LogP contribution in [0.2, 0.25) is 0 Å². The number of carbonyl (C=O) groups excluding carboxylic acids is 1. The Kier molecular flexibility index (Phi) is 3.77. The molecule has 0 spiro atoms. The molecular weight excluding hydrogens is 228 g/mol. The van der Waals surface area contributed by atoms with Gasteiger partial charge in [-0.25, -0.2) is 4.68 Å². The second-order valence-corrected chi connectivity index (χ2v) is 4.10. The van der Waals surface area contributed by atoms with E-state index in [0.29, 0.717) is 12.3 Å². The number of carbonyl (C=O) groups is 1. The predicted molar refractivity (Wildman–Crippen MR) is 68.8 cm³/mol. The monoisotopic (exact) mass is 244 g/mol. The van der Waals surface area contributed by atoms with Crippen molar-refractivity contribution < 1.29 is 9.53 Å². The first kappa shape index (κ1) is 12.4. The van der Waals surface area contributed by atoms with E-state index in [-0.39, 0.29) is 5.97 Å². The van der Waals surface area contributed by atoms with Crippen molar-refractivity contribution in [3.63, 3.8) is 0 Å². The number of aromatic nitrogens is 2. The van der Waals surface area contributed by atoms with Crippen molar-refractivity contribution in [1.82, 2.24) is 9.78 Å². The van der Waals surface area contributed by atoms with E-state index in [1.165, 1.54) is 0 Å². The first-order valence-corrected chi connectivity index (χ1v) is 6.03. The minimum atomic E-state index is -0.227. The Hall–Kier alpha value is -2.10. The fraction of sp³-hybridized carbons (Fsp3) is 0.286. The average molecular weight is 244 g/mol. The van der Waals surface area contributed by atoms with Crippen molar-refractivity contribution in [2.24, 2.45) is 0 Å². The molecule has 2 aromatic rings. The van der Waals surface area contributed by atoms with E-state index in [1.54, 1.807) is 10.7 Å². The van der Waals surface area contributed by atoms with Gasteiger partial charge in [-0.3, -0.25) is 4.79 Å². The van der Waals surface area contributed by atoms with Gasteiger partial charge in [0, 0.05) is 12.5 Å². The van der Waals surface area contributed by atoms with Crippen LogP contribution in [0.5, 0.6) is 5.88 Å². The summed E-state index contributed by atoms with van der Waals surface area (Å²) in [6.45, 7) is 3.82. The Morgan fingerprint density at radius 2 is 2.06 bits per heavy atom. The molecule has 94 valence electrons. The Labute approximate surface area is 106 Å². The van der Waals surface area contributed by atoms with Gasteiger partial charge in [-0.2, -0.15) is 5.10 Å². The van der Waals surface area contributed by atoms with Crippen LogP contribution in [0.3, 0.4) is 0 Å². The number of para-hydroxylation sites is 1. The maximum Gasteiger partial charge on any atom is 0.312 e. The fourth-order valence-corrected chi connectivity index (χ4v) is 1.67. The normalized spacial score (nSPS) is 10.3. The third kappa shape index (κ3) is 2.77. The lowest BCUT2D eigenvalue weighted by molar-refractivity contribution is -0.134. The second kappa shape index (κ2) is 5.49. The van der Waals surface area contributed by atoms with E-state index in [9.17, 15) is 4.79 Å². The number of benzene rings is 1. The van der Waals surface area contributed by atoms with Crippen molar-refractivity contribution >= 4 is 5.97 Å². The molecule has 1 aromatic heterocycles. The molecule has 1 aromatic carbocycles. The largest absolute Gasteiger partial charge is 0.407 e. The molecule has 18 heavy (non-hydrogen) atoms. The molecule has 4 heteroatoms. The van der Waals surface area contributed by atoms with Gasteiger partial charge in [0.1, 0.15) is 0 Å². The van der Waals surface area contributed by atoms with Crippen LogP contribution in [-0.2, 0) is 4.79 Å². The van der Waals surface area contributed by atoms with E-state index in [4.69, 9.17) is 4.74 Å². The first-order chi connectivity index (χ1) is 8.70. The molecule has 0 saturated heterocycles. The highest BCUT2D eigenvalue weighted by Crippen LogP contribution is 2.19. The smallest absolute Gasteiger partial charge is 0.312 e. The summed E-state index contributed by atoms with van der Waals surface area (Å²) in [5.41, 5.74) is 1.70. The van der Waals surface area contributed by atoms with Crippen LogP contribution >= 0.6 is 0 Å². The van der Waals surface area contributed by atoms with Gasteiger partial charge in [0.15, 0.2) is 0 Å². The zero-order chi connectivity index (χ0) is 13.0. The molecule has 0 N–H and O–H groups in total. The number of hydrogen-bond acceptors (Lipinski definition) is 3. The number of esters is 1. The number of rotatable bonds is 4. The molecule has 0 bridgehead atoms. The van der Waals surface area contributed by atoms with E-state index < -0.39 is 0 Å². The zero-order valence-electron chi connectivity index (χ0n) is 10.6.